The maximum atomic E-state index is 11.6. The fraction of sp³-hybridized carbons (Fsp3) is 0.333. The molecule has 0 aliphatic carbocycles. The van der Waals surface area contributed by atoms with Crippen molar-refractivity contribution in [2.75, 3.05) is 6.61 Å². The number of nitrogens with zero attached hydrogens (tertiary/aromatic N) is 2. The van der Waals surface area contributed by atoms with Crippen LogP contribution in [0.1, 0.15) is 16.8 Å². The number of aromatic nitrogens is 2. The van der Waals surface area contributed by atoms with E-state index in [4.69, 9.17) is 9.84 Å². The smallest absolute Gasteiger partial charge is 0.407 e. The van der Waals surface area contributed by atoms with Crippen LogP contribution in [-0.2, 0) is 24.4 Å². The number of carbonyl (C=O) groups is 1. The van der Waals surface area contributed by atoms with Gasteiger partial charge in [0.15, 0.2) is 0 Å². The third-order valence-corrected chi connectivity index (χ3v) is 3.01. The quantitative estimate of drug-likeness (QED) is 0.847. The van der Waals surface area contributed by atoms with Crippen molar-refractivity contribution in [3.05, 3.63) is 53.3 Å². The van der Waals surface area contributed by atoms with Crippen LogP contribution in [0.2, 0.25) is 0 Å². The van der Waals surface area contributed by atoms with Gasteiger partial charge in [0, 0.05) is 18.3 Å². The molecular formula is C15H19N3O3. The molecule has 2 rings (SSSR count). The minimum atomic E-state index is -0.465. The predicted octanol–water partition coefficient (Wildman–Crippen LogP) is 1.61. The Hall–Kier alpha value is -2.34. The lowest BCUT2D eigenvalue weighted by molar-refractivity contribution is 0.139. The van der Waals surface area contributed by atoms with Gasteiger partial charge in [-0.05, 0) is 12.5 Å². The Labute approximate surface area is 123 Å². The van der Waals surface area contributed by atoms with Gasteiger partial charge in [0.05, 0.1) is 18.8 Å². The van der Waals surface area contributed by atoms with Gasteiger partial charge >= 0.3 is 6.09 Å². The summed E-state index contributed by atoms with van der Waals surface area (Å²) in [6, 6.07) is 9.51. The van der Waals surface area contributed by atoms with E-state index in [-0.39, 0.29) is 13.2 Å². The van der Waals surface area contributed by atoms with Gasteiger partial charge in [-0.2, -0.15) is 5.10 Å². The van der Waals surface area contributed by atoms with Crippen molar-refractivity contribution in [2.24, 2.45) is 0 Å². The first-order valence-corrected chi connectivity index (χ1v) is 6.77. The molecule has 21 heavy (non-hydrogen) atoms. The first-order chi connectivity index (χ1) is 10.2. The van der Waals surface area contributed by atoms with Gasteiger partial charge in [-0.3, -0.25) is 4.68 Å². The Balaban J connectivity index is 1.78. The normalized spacial score (nSPS) is 10.4. The van der Waals surface area contributed by atoms with E-state index >= 15 is 0 Å². The molecule has 0 radical (unpaired) electrons. The molecule has 1 aromatic carbocycles. The molecule has 2 aromatic rings. The lowest BCUT2D eigenvalue weighted by Crippen LogP contribution is -2.23. The van der Waals surface area contributed by atoms with E-state index in [1.54, 1.807) is 4.68 Å². The van der Waals surface area contributed by atoms with Gasteiger partial charge in [0.2, 0.25) is 0 Å². The van der Waals surface area contributed by atoms with E-state index in [9.17, 15) is 4.79 Å². The zero-order chi connectivity index (χ0) is 15.1. The molecule has 6 heteroatoms. The third-order valence-electron chi connectivity index (χ3n) is 3.01. The fourth-order valence-electron chi connectivity index (χ4n) is 1.89. The second-order valence-electron chi connectivity index (χ2n) is 4.64. The summed E-state index contributed by atoms with van der Waals surface area (Å²) in [7, 11) is 0. The minimum absolute atomic E-state index is 0.0348. The highest BCUT2D eigenvalue weighted by molar-refractivity contribution is 5.67. The average molecular weight is 289 g/mol. The summed E-state index contributed by atoms with van der Waals surface area (Å²) < 4.78 is 6.78. The molecule has 0 saturated heterocycles. The molecule has 6 nitrogen and oxygen atoms in total. The monoisotopic (exact) mass is 289 g/mol. The number of carbonyl (C=O) groups excluding carboxylic acids is 1. The number of amides is 1. The number of ether oxygens (including phenoxy) is 1. The van der Waals surface area contributed by atoms with Crippen LogP contribution in [0.3, 0.4) is 0 Å². The van der Waals surface area contributed by atoms with Crippen LogP contribution in [-0.4, -0.2) is 27.6 Å². The number of aliphatic hydroxyl groups excluding tert-OH is 1. The van der Waals surface area contributed by atoms with Crippen LogP contribution in [0, 0.1) is 6.92 Å². The Morgan fingerprint density at radius 3 is 2.86 bits per heavy atom. The summed E-state index contributed by atoms with van der Waals surface area (Å²) >= 11 is 0. The Kier molecular flexibility index (Phi) is 5.34. The van der Waals surface area contributed by atoms with E-state index in [2.05, 4.69) is 10.4 Å². The van der Waals surface area contributed by atoms with Crippen LogP contribution >= 0.6 is 0 Å². The van der Waals surface area contributed by atoms with Gasteiger partial charge < -0.3 is 15.2 Å². The largest absolute Gasteiger partial charge is 0.445 e. The van der Waals surface area contributed by atoms with Crippen LogP contribution in [0.15, 0.2) is 36.5 Å². The van der Waals surface area contributed by atoms with E-state index in [1.807, 2.05) is 43.5 Å². The van der Waals surface area contributed by atoms with Crippen molar-refractivity contribution in [2.45, 2.75) is 26.6 Å². The third kappa shape index (κ3) is 4.61. The second-order valence-corrected chi connectivity index (χ2v) is 4.64. The number of aliphatic hydroxyl groups is 1. The van der Waals surface area contributed by atoms with Gasteiger partial charge in [-0.1, -0.05) is 30.3 Å². The van der Waals surface area contributed by atoms with Gasteiger partial charge in [-0.15, -0.1) is 0 Å². The van der Waals surface area contributed by atoms with Gasteiger partial charge in [0.25, 0.3) is 0 Å². The first-order valence-electron chi connectivity index (χ1n) is 6.77. The minimum Gasteiger partial charge on any atom is -0.445 e. The summed E-state index contributed by atoms with van der Waals surface area (Å²) in [4.78, 5) is 11.6. The SMILES string of the molecule is Cc1nn(CCO)cc1CNC(=O)OCc1ccccc1. The average Bonchev–Trinajstić information content (AvgIpc) is 2.84. The highest BCUT2D eigenvalue weighted by Gasteiger charge is 2.07. The summed E-state index contributed by atoms with van der Waals surface area (Å²) in [6.07, 6.45) is 1.34. The van der Waals surface area contributed by atoms with E-state index in [0.29, 0.717) is 13.1 Å². The molecule has 0 unspecified atom stereocenters. The first kappa shape index (κ1) is 15.1. The number of aryl methyl sites for hydroxylation is 1. The van der Waals surface area contributed by atoms with Gasteiger partial charge in [0.1, 0.15) is 6.61 Å². The number of nitrogens with one attached hydrogen (secondary N) is 1. The predicted molar refractivity (Wildman–Crippen MR) is 77.5 cm³/mol. The summed E-state index contributed by atoms with van der Waals surface area (Å²) in [6.45, 7) is 2.94. The van der Waals surface area contributed by atoms with Crippen LogP contribution < -0.4 is 5.32 Å². The number of rotatable bonds is 6. The maximum absolute atomic E-state index is 11.6. The molecule has 0 spiro atoms. The molecule has 1 aromatic heterocycles. The fourth-order valence-corrected chi connectivity index (χ4v) is 1.89. The van der Waals surface area contributed by atoms with E-state index in [1.165, 1.54) is 0 Å². The Bertz CT molecular complexity index is 581. The lowest BCUT2D eigenvalue weighted by Gasteiger charge is -2.06. The molecule has 112 valence electrons. The molecule has 0 aliphatic heterocycles. The highest BCUT2D eigenvalue weighted by atomic mass is 16.5. The number of hydrogen-bond acceptors (Lipinski definition) is 4. The molecule has 1 amide bonds. The van der Waals surface area contributed by atoms with Crippen LogP contribution in [0.4, 0.5) is 4.79 Å². The standard InChI is InChI=1S/C15H19N3O3/c1-12-14(10-18(17-12)7-8-19)9-16-15(20)21-11-13-5-3-2-4-6-13/h2-6,10,19H,7-9,11H2,1H3,(H,16,20). The molecule has 0 bridgehead atoms. The summed E-state index contributed by atoms with van der Waals surface area (Å²) in [5.74, 6) is 0. The number of alkyl carbamates (subject to hydrolysis) is 1. The zero-order valence-electron chi connectivity index (χ0n) is 12.0. The summed E-state index contributed by atoms with van der Waals surface area (Å²) in [5, 5.41) is 15.8. The number of hydrogen-bond donors (Lipinski definition) is 2. The number of benzene rings is 1. The van der Waals surface area contributed by atoms with Crippen molar-refractivity contribution in [1.29, 1.82) is 0 Å². The molecule has 0 saturated carbocycles. The Morgan fingerprint density at radius 1 is 1.38 bits per heavy atom. The van der Waals surface area contributed by atoms with Crippen molar-refractivity contribution in [3.63, 3.8) is 0 Å². The van der Waals surface area contributed by atoms with E-state index < -0.39 is 6.09 Å². The van der Waals surface area contributed by atoms with E-state index in [0.717, 1.165) is 16.8 Å². The molecule has 1 heterocycles. The molecular weight excluding hydrogens is 270 g/mol. The Morgan fingerprint density at radius 2 is 2.14 bits per heavy atom. The molecule has 0 fully saturated rings. The van der Waals surface area contributed by atoms with Crippen molar-refractivity contribution in [1.82, 2.24) is 15.1 Å². The van der Waals surface area contributed by atoms with Crippen molar-refractivity contribution < 1.29 is 14.6 Å². The lowest BCUT2D eigenvalue weighted by atomic mass is 10.2. The van der Waals surface area contributed by atoms with Crippen LogP contribution in [0.25, 0.3) is 0 Å². The molecule has 0 atom stereocenters. The maximum Gasteiger partial charge on any atom is 0.407 e. The highest BCUT2D eigenvalue weighted by Crippen LogP contribution is 2.06. The topological polar surface area (TPSA) is 76.4 Å². The van der Waals surface area contributed by atoms with Crippen molar-refractivity contribution >= 4 is 6.09 Å². The second kappa shape index (κ2) is 7.44. The molecule has 2 N–H and O–H groups in total. The van der Waals surface area contributed by atoms with Crippen molar-refractivity contribution in [3.8, 4) is 0 Å². The molecule has 0 aliphatic rings. The van der Waals surface area contributed by atoms with Crippen LogP contribution in [0.5, 0.6) is 0 Å². The van der Waals surface area contributed by atoms with Gasteiger partial charge in [-0.25, -0.2) is 4.79 Å². The zero-order valence-corrected chi connectivity index (χ0v) is 12.0. The summed E-state index contributed by atoms with van der Waals surface area (Å²) in [5.41, 5.74) is 2.67.